The minimum atomic E-state index is -0.238. The van der Waals surface area contributed by atoms with E-state index in [1.165, 1.54) is 6.07 Å². The molecule has 0 amide bonds. The standard InChI is InChI=1S/C14H16ClFN2O/c15-7-13-17-12-5-1-4-11(16)14(12)18(13)8-10-3-2-6-19-9-10/h1,4-5,10H,2-3,6-9H2. The number of hydrogen-bond acceptors (Lipinski definition) is 2. The molecule has 1 aliphatic heterocycles. The number of imidazole rings is 1. The van der Waals surface area contributed by atoms with Crippen LogP contribution in [0.15, 0.2) is 18.2 Å². The average molecular weight is 283 g/mol. The highest BCUT2D eigenvalue weighted by Crippen LogP contribution is 2.24. The molecule has 0 radical (unpaired) electrons. The van der Waals surface area contributed by atoms with Crippen LogP contribution in [0.3, 0.4) is 0 Å². The molecule has 0 aliphatic carbocycles. The molecular weight excluding hydrogens is 267 g/mol. The van der Waals surface area contributed by atoms with Crippen molar-refractivity contribution in [1.82, 2.24) is 9.55 Å². The van der Waals surface area contributed by atoms with Gasteiger partial charge in [-0.05, 0) is 25.0 Å². The molecule has 0 saturated carbocycles. The fourth-order valence-electron chi connectivity index (χ4n) is 2.70. The van der Waals surface area contributed by atoms with Gasteiger partial charge in [-0.25, -0.2) is 9.37 Å². The van der Waals surface area contributed by atoms with Gasteiger partial charge < -0.3 is 9.30 Å². The molecule has 5 heteroatoms. The van der Waals surface area contributed by atoms with Crippen LogP contribution in [0.5, 0.6) is 0 Å². The second kappa shape index (κ2) is 5.47. The molecule has 102 valence electrons. The molecule has 1 atom stereocenters. The minimum absolute atomic E-state index is 0.238. The van der Waals surface area contributed by atoms with E-state index in [9.17, 15) is 4.39 Å². The van der Waals surface area contributed by atoms with E-state index < -0.39 is 0 Å². The second-order valence-corrected chi connectivity index (χ2v) is 5.23. The van der Waals surface area contributed by atoms with Crippen molar-refractivity contribution in [2.75, 3.05) is 13.2 Å². The van der Waals surface area contributed by atoms with Gasteiger partial charge in [-0.15, -0.1) is 11.6 Å². The maximum atomic E-state index is 14.0. The lowest BCUT2D eigenvalue weighted by atomic mass is 10.0. The lowest BCUT2D eigenvalue weighted by molar-refractivity contribution is 0.0485. The summed E-state index contributed by atoms with van der Waals surface area (Å²) in [6.07, 6.45) is 2.17. The van der Waals surface area contributed by atoms with Crippen LogP contribution >= 0.6 is 11.6 Å². The largest absolute Gasteiger partial charge is 0.381 e. The lowest BCUT2D eigenvalue weighted by Crippen LogP contribution is -2.23. The first kappa shape index (κ1) is 12.9. The van der Waals surface area contributed by atoms with Crippen LogP contribution in [0, 0.1) is 11.7 Å². The summed E-state index contributed by atoms with van der Waals surface area (Å²) in [5, 5.41) is 0. The Labute approximate surface area is 116 Å². The number of benzene rings is 1. The van der Waals surface area contributed by atoms with E-state index in [-0.39, 0.29) is 5.82 Å². The molecule has 1 aromatic heterocycles. The van der Waals surface area contributed by atoms with E-state index in [1.807, 2.05) is 10.6 Å². The van der Waals surface area contributed by atoms with E-state index in [2.05, 4.69) is 4.98 Å². The van der Waals surface area contributed by atoms with Crippen molar-refractivity contribution in [3.8, 4) is 0 Å². The maximum absolute atomic E-state index is 14.0. The van der Waals surface area contributed by atoms with Crippen LogP contribution in [-0.4, -0.2) is 22.8 Å². The van der Waals surface area contributed by atoms with Gasteiger partial charge in [-0.2, -0.15) is 0 Å². The Bertz CT molecular complexity index is 578. The Morgan fingerprint density at radius 3 is 3.11 bits per heavy atom. The molecule has 2 aromatic rings. The van der Waals surface area contributed by atoms with E-state index >= 15 is 0 Å². The van der Waals surface area contributed by atoms with Gasteiger partial charge in [0, 0.05) is 19.1 Å². The number of rotatable bonds is 3. The Morgan fingerprint density at radius 1 is 1.47 bits per heavy atom. The fourth-order valence-corrected chi connectivity index (χ4v) is 2.90. The average Bonchev–Trinajstić information content (AvgIpc) is 2.79. The van der Waals surface area contributed by atoms with Gasteiger partial charge in [0.05, 0.1) is 18.0 Å². The molecule has 0 spiro atoms. The summed E-state index contributed by atoms with van der Waals surface area (Å²) in [6, 6.07) is 4.97. The summed E-state index contributed by atoms with van der Waals surface area (Å²) in [6.45, 7) is 2.28. The summed E-state index contributed by atoms with van der Waals surface area (Å²) in [5.41, 5.74) is 1.23. The summed E-state index contributed by atoms with van der Waals surface area (Å²) >= 11 is 5.94. The van der Waals surface area contributed by atoms with Gasteiger partial charge in [0.1, 0.15) is 17.2 Å². The quantitative estimate of drug-likeness (QED) is 0.808. The Hall–Kier alpha value is -1.13. The van der Waals surface area contributed by atoms with Gasteiger partial charge >= 0.3 is 0 Å². The number of alkyl halides is 1. The highest BCUT2D eigenvalue weighted by atomic mass is 35.5. The molecular formula is C14H16ClFN2O. The van der Waals surface area contributed by atoms with Crippen LogP contribution in [-0.2, 0) is 17.2 Å². The molecule has 1 saturated heterocycles. The molecule has 1 aliphatic rings. The van der Waals surface area contributed by atoms with Crippen molar-refractivity contribution < 1.29 is 9.13 Å². The maximum Gasteiger partial charge on any atom is 0.149 e. The molecule has 2 heterocycles. The van der Waals surface area contributed by atoms with Gasteiger partial charge in [0.15, 0.2) is 0 Å². The first-order valence-electron chi connectivity index (χ1n) is 6.57. The molecule has 1 fully saturated rings. The van der Waals surface area contributed by atoms with Crippen LogP contribution in [0.25, 0.3) is 11.0 Å². The monoisotopic (exact) mass is 282 g/mol. The van der Waals surface area contributed by atoms with Crippen molar-refractivity contribution in [1.29, 1.82) is 0 Å². The smallest absolute Gasteiger partial charge is 0.149 e. The number of ether oxygens (including phenoxy) is 1. The lowest BCUT2D eigenvalue weighted by Gasteiger charge is -2.23. The number of hydrogen-bond donors (Lipinski definition) is 0. The third-order valence-electron chi connectivity index (χ3n) is 3.61. The van der Waals surface area contributed by atoms with Gasteiger partial charge in [-0.1, -0.05) is 6.07 Å². The molecule has 0 N–H and O–H groups in total. The van der Waals surface area contributed by atoms with Crippen molar-refractivity contribution >= 4 is 22.6 Å². The number of nitrogens with zero attached hydrogens (tertiary/aromatic N) is 2. The predicted octanol–water partition coefficient (Wildman–Crippen LogP) is 3.34. The third-order valence-corrected chi connectivity index (χ3v) is 3.85. The Morgan fingerprint density at radius 2 is 2.37 bits per heavy atom. The fraction of sp³-hybridized carbons (Fsp3) is 0.500. The zero-order valence-corrected chi connectivity index (χ0v) is 11.4. The van der Waals surface area contributed by atoms with E-state index in [1.54, 1.807) is 6.07 Å². The van der Waals surface area contributed by atoms with Gasteiger partial charge in [0.25, 0.3) is 0 Å². The normalized spacial score (nSPS) is 20.0. The third kappa shape index (κ3) is 2.47. The van der Waals surface area contributed by atoms with Crippen LogP contribution < -0.4 is 0 Å². The van der Waals surface area contributed by atoms with Crippen LogP contribution in [0.2, 0.25) is 0 Å². The minimum Gasteiger partial charge on any atom is -0.381 e. The Kier molecular flexibility index (Phi) is 3.71. The van der Waals surface area contributed by atoms with Crippen molar-refractivity contribution in [2.45, 2.75) is 25.3 Å². The molecule has 1 aromatic carbocycles. The zero-order valence-electron chi connectivity index (χ0n) is 10.6. The summed E-state index contributed by atoms with van der Waals surface area (Å²) in [4.78, 5) is 4.41. The van der Waals surface area contributed by atoms with E-state index in [4.69, 9.17) is 16.3 Å². The topological polar surface area (TPSA) is 27.1 Å². The van der Waals surface area contributed by atoms with Gasteiger partial charge in [-0.3, -0.25) is 0 Å². The van der Waals surface area contributed by atoms with Crippen molar-refractivity contribution in [2.24, 2.45) is 5.92 Å². The number of para-hydroxylation sites is 1. The highest BCUT2D eigenvalue weighted by Gasteiger charge is 2.19. The second-order valence-electron chi connectivity index (χ2n) is 4.96. The van der Waals surface area contributed by atoms with Crippen molar-refractivity contribution in [3.05, 3.63) is 29.8 Å². The van der Waals surface area contributed by atoms with E-state index in [0.717, 1.165) is 38.4 Å². The zero-order chi connectivity index (χ0) is 13.2. The highest BCUT2D eigenvalue weighted by molar-refractivity contribution is 6.16. The SMILES string of the molecule is Fc1cccc2nc(CCl)n(CC3CCCOC3)c12. The van der Waals surface area contributed by atoms with E-state index in [0.29, 0.717) is 22.8 Å². The number of aromatic nitrogens is 2. The van der Waals surface area contributed by atoms with Gasteiger partial charge in [0.2, 0.25) is 0 Å². The number of fused-ring (bicyclic) bond motifs is 1. The summed E-state index contributed by atoms with van der Waals surface area (Å²) < 4.78 is 21.4. The summed E-state index contributed by atoms with van der Waals surface area (Å²) in [7, 11) is 0. The Balaban J connectivity index is 2.00. The van der Waals surface area contributed by atoms with Crippen molar-refractivity contribution in [3.63, 3.8) is 0 Å². The first-order chi connectivity index (χ1) is 9.29. The van der Waals surface area contributed by atoms with Crippen LogP contribution in [0.4, 0.5) is 4.39 Å². The molecule has 1 unspecified atom stereocenters. The molecule has 3 nitrogen and oxygen atoms in total. The molecule has 19 heavy (non-hydrogen) atoms. The van der Waals surface area contributed by atoms with Crippen LogP contribution in [0.1, 0.15) is 18.7 Å². The summed E-state index contributed by atoms with van der Waals surface area (Å²) in [5.74, 6) is 1.19. The molecule has 0 bridgehead atoms. The predicted molar refractivity (Wildman–Crippen MR) is 72.8 cm³/mol. The number of halogens is 2. The molecule has 3 rings (SSSR count). The first-order valence-corrected chi connectivity index (χ1v) is 7.10.